The smallest absolute Gasteiger partial charge is 0.290 e. The number of carbonyl (C=O) groups is 2. The fraction of sp³-hybridized carbons (Fsp3) is 0.636. The van der Waals surface area contributed by atoms with Crippen molar-refractivity contribution < 1.29 is 9.59 Å². The van der Waals surface area contributed by atoms with Gasteiger partial charge in [0.2, 0.25) is 5.78 Å². The average Bonchev–Trinajstić information content (AvgIpc) is 2.52. The second kappa shape index (κ2) is 3.95. The lowest BCUT2D eigenvalue weighted by Gasteiger charge is -2.23. The van der Waals surface area contributed by atoms with Crippen molar-refractivity contribution in [1.82, 2.24) is 4.90 Å². The summed E-state index contributed by atoms with van der Waals surface area (Å²) >= 11 is 0. The van der Waals surface area contributed by atoms with Crippen molar-refractivity contribution in [3.8, 4) is 0 Å². The first-order valence-electron chi connectivity index (χ1n) is 5.24. The molecule has 0 spiro atoms. The van der Waals surface area contributed by atoms with E-state index in [1.807, 2.05) is 0 Å². The Hall–Kier alpha value is -1.12. The predicted molar refractivity (Wildman–Crippen MR) is 52.7 cm³/mol. The normalized spacial score (nSPS) is 27.4. The van der Waals surface area contributed by atoms with Crippen molar-refractivity contribution in [2.45, 2.75) is 25.7 Å². The van der Waals surface area contributed by atoms with Crippen molar-refractivity contribution in [2.75, 3.05) is 13.1 Å². The van der Waals surface area contributed by atoms with Crippen molar-refractivity contribution in [3.63, 3.8) is 0 Å². The molecule has 1 atom stereocenters. The molecule has 0 bridgehead atoms. The van der Waals surface area contributed by atoms with Gasteiger partial charge in [-0.05, 0) is 25.2 Å². The zero-order chi connectivity index (χ0) is 9.97. The van der Waals surface area contributed by atoms with Crippen LogP contribution in [0.25, 0.3) is 0 Å². The number of amides is 1. The number of rotatable bonds is 2. The van der Waals surface area contributed by atoms with E-state index < -0.39 is 0 Å². The van der Waals surface area contributed by atoms with Crippen molar-refractivity contribution in [2.24, 2.45) is 5.92 Å². The zero-order valence-electron chi connectivity index (χ0n) is 8.24. The summed E-state index contributed by atoms with van der Waals surface area (Å²) in [5.41, 5.74) is 0. The number of hydrogen-bond donors (Lipinski definition) is 0. The predicted octanol–water partition coefficient (Wildman–Crippen LogP) is 1.14. The minimum atomic E-state index is -0.264. The Labute approximate surface area is 83.8 Å². The van der Waals surface area contributed by atoms with Gasteiger partial charge in [-0.1, -0.05) is 12.2 Å². The second-order valence-electron chi connectivity index (χ2n) is 4.07. The van der Waals surface area contributed by atoms with Crippen LogP contribution in [-0.2, 0) is 9.59 Å². The summed E-state index contributed by atoms with van der Waals surface area (Å²) in [6.07, 6.45) is 8.10. The van der Waals surface area contributed by atoms with Crippen LogP contribution in [0.3, 0.4) is 0 Å². The fourth-order valence-electron chi connectivity index (χ4n) is 2.13. The maximum Gasteiger partial charge on any atom is 0.290 e. The third kappa shape index (κ3) is 1.86. The van der Waals surface area contributed by atoms with E-state index >= 15 is 0 Å². The molecule has 3 heteroatoms. The van der Waals surface area contributed by atoms with Crippen LogP contribution in [0.15, 0.2) is 12.2 Å². The van der Waals surface area contributed by atoms with Gasteiger partial charge in [-0.3, -0.25) is 9.59 Å². The van der Waals surface area contributed by atoms with Crippen molar-refractivity contribution in [3.05, 3.63) is 12.2 Å². The lowest BCUT2D eigenvalue weighted by molar-refractivity contribution is -0.140. The first-order chi connectivity index (χ1) is 6.77. The highest BCUT2D eigenvalue weighted by Gasteiger charge is 2.30. The molecule has 2 rings (SSSR count). The van der Waals surface area contributed by atoms with Crippen LogP contribution in [0.5, 0.6) is 0 Å². The first-order valence-corrected chi connectivity index (χ1v) is 5.24. The number of nitrogens with zero attached hydrogens (tertiary/aromatic N) is 1. The Morgan fingerprint density at radius 3 is 2.79 bits per heavy atom. The fourth-order valence-corrected chi connectivity index (χ4v) is 2.13. The SMILES string of the molecule is O=C1CCN(CC2CC=CCC2)C1=O. The van der Waals surface area contributed by atoms with E-state index in [1.54, 1.807) is 4.90 Å². The highest BCUT2D eigenvalue weighted by Crippen LogP contribution is 2.20. The average molecular weight is 193 g/mol. The van der Waals surface area contributed by atoms with Gasteiger partial charge in [-0.15, -0.1) is 0 Å². The quantitative estimate of drug-likeness (QED) is 0.487. The Morgan fingerprint density at radius 2 is 2.21 bits per heavy atom. The molecular weight excluding hydrogens is 178 g/mol. The summed E-state index contributed by atoms with van der Waals surface area (Å²) in [6.45, 7) is 1.41. The van der Waals surface area contributed by atoms with Gasteiger partial charge in [-0.2, -0.15) is 0 Å². The minimum Gasteiger partial charge on any atom is -0.335 e. The lowest BCUT2D eigenvalue weighted by Crippen LogP contribution is -2.32. The van der Waals surface area contributed by atoms with Gasteiger partial charge in [0.25, 0.3) is 5.91 Å². The third-order valence-corrected chi connectivity index (χ3v) is 2.99. The zero-order valence-corrected chi connectivity index (χ0v) is 8.24. The number of ketones is 1. The summed E-state index contributed by atoms with van der Waals surface area (Å²) in [5, 5.41) is 0. The van der Waals surface area contributed by atoms with E-state index in [0.717, 1.165) is 25.8 Å². The molecule has 1 aliphatic heterocycles. The van der Waals surface area contributed by atoms with Gasteiger partial charge < -0.3 is 4.90 Å². The van der Waals surface area contributed by atoms with Crippen molar-refractivity contribution in [1.29, 1.82) is 0 Å². The molecule has 1 aliphatic carbocycles. The number of Topliss-reactive ketones (excluding diaryl/α,β-unsaturated/α-hetero) is 1. The molecule has 14 heavy (non-hydrogen) atoms. The molecule has 2 aliphatic rings. The lowest BCUT2D eigenvalue weighted by atomic mass is 9.94. The maximum absolute atomic E-state index is 11.3. The van der Waals surface area contributed by atoms with E-state index in [4.69, 9.17) is 0 Å². The molecule has 1 heterocycles. The first kappa shape index (κ1) is 9.44. The molecule has 1 amide bonds. The Kier molecular flexibility index (Phi) is 2.66. The molecule has 1 unspecified atom stereocenters. The van der Waals surface area contributed by atoms with Crippen LogP contribution in [0.2, 0.25) is 0 Å². The maximum atomic E-state index is 11.3. The molecule has 1 fully saturated rings. The largest absolute Gasteiger partial charge is 0.335 e. The number of likely N-dealkylation sites (tertiary alicyclic amines) is 1. The van der Waals surface area contributed by atoms with Gasteiger partial charge >= 0.3 is 0 Å². The summed E-state index contributed by atoms with van der Waals surface area (Å²) in [7, 11) is 0. The summed E-state index contributed by atoms with van der Waals surface area (Å²) in [5.74, 6) is 0.0887. The van der Waals surface area contributed by atoms with Crippen LogP contribution in [0, 0.1) is 5.92 Å². The van der Waals surface area contributed by atoms with E-state index in [0.29, 0.717) is 18.9 Å². The summed E-state index contributed by atoms with van der Waals surface area (Å²) in [6, 6.07) is 0. The van der Waals surface area contributed by atoms with Crippen LogP contribution in [0.1, 0.15) is 25.7 Å². The highest BCUT2D eigenvalue weighted by atomic mass is 16.2. The van der Waals surface area contributed by atoms with E-state index in [-0.39, 0.29) is 11.7 Å². The summed E-state index contributed by atoms with van der Waals surface area (Å²) < 4.78 is 0. The second-order valence-corrected chi connectivity index (χ2v) is 4.07. The van der Waals surface area contributed by atoms with Gasteiger partial charge in [0.1, 0.15) is 0 Å². The third-order valence-electron chi connectivity index (χ3n) is 2.99. The molecule has 0 N–H and O–H groups in total. The van der Waals surface area contributed by atoms with Gasteiger partial charge in [0.15, 0.2) is 0 Å². The molecule has 0 aromatic rings. The van der Waals surface area contributed by atoms with Crippen molar-refractivity contribution >= 4 is 11.7 Å². The minimum absolute atomic E-state index is 0.212. The Balaban J connectivity index is 1.88. The van der Waals surface area contributed by atoms with Crippen LogP contribution >= 0.6 is 0 Å². The van der Waals surface area contributed by atoms with E-state index in [2.05, 4.69) is 12.2 Å². The molecule has 1 saturated heterocycles. The van der Waals surface area contributed by atoms with E-state index in [9.17, 15) is 9.59 Å². The number of carbonyl (C=O) groups excluding carboxylic acids is 2. The Bertz CT molecular complexity index is 283. The number of hydrogen-bond acceptors (Lipinski definition) is 2. The van der Waals surface area contributed by atoms with Crippen LogP contribution in [-0.4, -0.2) is 29.7 Å². The molecule has 3 nitrogen and oxygen atoms in total. The van der Waals surface area contributed by atoms with Gasteiger partial charge in [-0.25, -0.2) is 0 Å². The monoisotopic (exact) mass is 193 g/mol. The van der Waals surface area contributed by atoms with E-state index in [1.165, 1.54) is 0 Å². The van der Waals surface area contributed by atoms with Crippen LogP contribution in [0.4, 0.5) is 0 Å². The molecule has 0 aromatic heterocycles. The molecule has 76 valence electrons. The standard InChI is InChI=1S/C11H15NO2/c13-10-6-7-12(11(10)14)8-9-4-2-1-3-5-9/h1-2,9H,3-8H2. The topological polar surface area (TPSA) is 37.4 Å². The highest BCUT2D eigenvalue weighted by molar-refractivity contribution is 6.37. The molecular formula is C11H15NO2. The van der Waals surface area contributed by atoms with Gasteiger partial charge in [0.05, 0.1) is 0 Å². The molecule has 0 radical (unpaired) electrons. The molecule has 0 saturated carbocycles. The Morgan fingerprint density at radius 1 is 1.36 bits per heavy atom. The van der Waals surface area contributed by atoms with Gasteiger partial charge in [0, 0.05) is 19.5 Å². The number of allylic oxidation sites excluding steroid dienone is 2. The van der Waals surface area contributed by atoms with Crippen LogP contribution < -0.4 is 0 Å². The molecule has 0 aromatic carbocycles. The summed E-state index contributed by atoms with van der Waals surface area (Å²) in [4.78, 5) is 24.1.